The van der Waals surface area contributed by atoms with Crippen molar-refractivity contribution in [2.75, 3.05) is 20.8 Å². The second-order valence-electron chi connectivity index (χ2n) is 5.71. The SMILES string of the molecule is CCOC(=O)NC(=S)N(Cc1cccc(OC)c1)Cc1cccc(OC)c1. The number of nitrogens with zero attached hydrogens (tertiary/aromatic N) is 1. The van der Waals surface area contributed by atoms with E-state index in [4.69, 9.17) is 26.4 Å². The number of benzene rings is 2. The summed E-state index contributed by atoms with van der Waals surface area (Å²) in [5.41, 5.74) is 2.01. The van der Waals surface area contributed by atoms with Gasteiger partial charge in [0, 0.05) is 13.1 Å². The predicted octanol–water partition coefficient (Wildman–Crippen LogP) is 3.74. The normalized spacial score (nSPS) is 10.0. The Morgan fingerprint density at radius 2 is 1.52 bits per heavy atom. The minimum atomic E-state index is -0.566. The molecule has 0 aliphatic carbocycles. The summed E-state index contributed by atoms with van der Waals surface area (Å²) < 4.78 is 15.5. The minimum absolute atomic E-state index is 0.278. The number of rotatable bonds is 7. The first-order chi connectivity index (χ1) is 13.0. The summed E-state index contributed by atoms with van der Waals surface area (Å²) in [4.78, 5) is 13.7. The number of carbonyl (C=O) groups is 1. The number of methoxy groups -OCH3 is 2. The smallest absolute Gasteiger partial charge is 0.413 e. The fourth-order valence-corrected chi connectivity index (χ4v) is 2.73. The van der Waals surface area contributed by atoms with Crippen LogP contribution in [0.5, 0.6) is 11.5 Å². The minimum Gasteiger partial charge on any atom is -0.497 e. The second-order valence-corrected chi connectivity index (χ2v) is 6.10. The monoisotopic (exact) mass is 388 g/mol. The number of carbonyl (C=O) groups excluding carboxylic acids is 1. The first-order valence-corrected chi connectivity index (χ1v) is 8.95. The van der Waals surface area contributed by atoms with Crippen molar-refractivity contribution < 1.29 is 19.0 Å². The van der Waals surface area contributed by atoms with E-state index >= 15 is 0 Å². The van der Waals surface area contributed by atoms with Gasteiger partial charge in [0.1, 0.15) is 11.5 Å². The van der Waals surface area contributed by atoms with Crippen molar-refractivity contribution in [3.8, 4) is 11.5 Å². The number of ether oxygens (including phenoxy) is 3. The Hall–Kier alpha value is -2.80. The molecule has 0 saturated heterocycles. The van der Waals surface area contributed by atoms with E-state index in [1.807, 2.05) is 53.4 Å². The Labute approximate surface area is 165 Å². The topological polar surface area (TPSA) is 60.0 Å². The standard InChI is InChI=1S/C20H24N2O4S/c1-4-26-20(23)21-19(27)22(13-15-7-5-9-17(11-15)24-2)14-16-8-6-10-18(12-16)25-3/h5-12H,4,13-14H2,1-3H3,(H,21,23,27). The lowest BCUT2D eigenvalue weighted by Gasteiger charge is -2.26. The summed E-state index contributed by atoms with van der Waals surface area (Å²) in [5.74, 6) is 1.52. The fourth-order valence-electron chi connectivity index (χ4n) is 2.52. The van der Waals surface area contributed by atoms with Gasteiger partial charge in [0.15, 0.2) is 5.11 Å². The van der Waals surface area contributed by atoms with Gasteiger partial charge in [0.05, 0.1) is 20.8 Å². The summed E-state index contributed by atoms with van der Waals surface area (Å²) in [6.45, 7) is 3.02. The first kappa shape index (κ1) is 20.5. The summed E-state index contributed by atoms with van der Waals surface area (Å²) in [6, 6.07) is 15.4. The van der Waals surface area contributed by atoms with Crippen LogP contribution in [0.3, 0.4) is 0 Å². The number of hydrogen-bond donors (Lipinski definition) is 1. The highest BCUT2D eigenvalue weighted by Gasteiger charge is 2.15. The third-order valence-electron chi connectivity index (χ3n) is 3.79. The third-order valence-corrected chi connectivity index (χ3v) is 4.15. The zero-order valence-corrected chi connectivity index (χ0v) is 16.5. The largest absolute Gasteiger partial charge is 0.497 e. The molecule has 6 nitrogen and oxygen atoms in total. The van der Waals surface area contributed by atoms with Crippen molar-refractivity contribution in [2.45, 2.75) is 20.0 Å². The number of nitrogens with one attached hydrogen (secondary N) is 1. The Bertz CT molecular complexity index is 733. The van der Waals surface area contributed by atoms with Crippen molar-refractivity contribution in [1.29, 1.82) is 0 Å². The quantitative estimate of drug-likeness (QED) is 0.729. The zero-order valence-electron chi connectivity index (χ0n) is 15.7. The maximum Gasteiger partial charge on any atom is 0.413 e. The molecule has 0 saturated carbocycles. The third kappa shape index (κ3) is 6.45. The molecule has 0 aliphatic heterocycles. The molecule has 0 radical (unpaired) electrons. The van der Waals surface area contributed by atoms with Crippen molar-refractivity contribution in [2.24, 2.45) is 0 Å². The van der Waals surface area contributed by atoms with Gasteiger partial charge in [-0.25, -0.2) is 4.79 Å². The van der Waals surface area contributed by atoms with Crippen LogP contribution in [-0.4, -0.2) is 36.9 Å². The van der Waals surface area contributed by atoms with Crippen LogP contribution in [0.4, 0.5) is 4.79 Å². The molecule has 0 bridgehead atoms. The van der Waals surface area contributed by atoms with Gasteiger partial charge in [-0.2, -0.15) is 0 Å². The van der Waals surface area contributed by atoms with E-state index in [-0.39, 0.29) is 6.61 Å². The maximum atomic E-state index is 11.8. The van der Waals surface area contributed by atoms with Crippen molar-refractivity contribution in [3.05, 3.63) is 59.7 Å². The summed E-state index contributed by atoms with van der Waals surface area (Å²) in [7, 11) is 3.25. The van der Waals surface area contributed by atoms with E-state index in [1.165, 1.54) is 0 Å². The molecule has 1 N–H and O–H groups in total. The van der Waals surface area contributed by atoms with Crippen LogP contribution in [0.2, 0.25) is 0 Å². The summed E-state index contributed by atoms with van der Waals surface area (Å²) >= 11 is 5.44. The van der Waals surface area contributed by atoms with Crippen LogP contribution >= 0.6 is 12.2 Å². The highest BCUT2D eigenvalue weighted by Crippen LogP contribution is 2.18. The molecular formula is C20H24N2O4S. The van der Waals surface area contributed by atoms with Gasteiger partial charge in [-0.15, -0.1) is 0 Å². The molecule has 0 heterocycles. The fraction of sp³-hybridized carbons (Fsp3) is 0.300. The highest BCUT2D eigenvalue weighted by atomic mass is 32.1. The Morgan fingerprint density at radius 3 is 1.96 bits per heavy atom. The number of thiocarbonyl (C=S) groups is 1. The predicted molar refractivity (Wildman–Crippen MR) is 108 cm³/mol. The van der Waals surface area contributed by atoms with Gasteiger partial charge in [0.2, 0.25) is 0 Å². The Morgan fingerprint density at radius 1 is 1.00 bits per heavy atom. The number of alkyl carbamates (subject to hydrolysis) is 1. The van der Waals surface area contributed by atoms with E-state index in [2.05, 4.69) is 5.32 Å². The van der Waals surface area contributed by atoms with Gasteiger partial charge < -0.3 is 19.1 Å². The molecule has 0 spiro atoms. The number of hydrogen-bond acceptors (Lipinski definition) is 5. The lowest BCUT2D eigenvalue weighted by molar-refractivity contribution is 0.156. The van der Waals surface area contributed by atoms with Crippen molar-refractivity contribution >= 4 is 23.4 Å². The van der Waals surface area contributed by atoms with E-state index in [9.17, 15) is 4.79 Å². The maximum absolute atomic E-state index is 11.8. The highest BCUT2D eigenvalue weighted by molar-refractivity contribution is 7.80. The van der Waals surface area contributed by atoms with Crippen molar-refractivity contribution in [3.63, 3.8) is 0 Å². The lowest BCUT2D eigenvalue weighted by Crippen LogP contribution is -2.42. The molecule has 2 aromatic rings. The zero-order chi connectivity index (χ0) is 19.6. The molecule has 144 valence electrons. The molecule has 0 aromatic heterocycles. The molecule has 0 aliphatic rings. The van der Waals surface area contributed by atoms with Gasteiger partial charge >= 0.3 is 6.09 Å². The molecule has 7 heteroatoms. The van der Waals surface area contributed by atoms with Crippen LogP contribution in [-0.2, 0) is 17.8 Å². The number of amides is 1. The van der Waals surface area contributed by atoms with Crippen molar-refractivity contribution in [1.82, 2.24) is 10.2 Å². The van der Waals surface area contributed by atoms with Crippen LogP contribution in [0.25, 0.3) is 0 Å². The average molecular weight is 388 g/mol. The van der Waals surface area contributed by atoms with Crippen LogP contribution < -0.4 is 14.8 Å². The van der Waals surface area contributed by atoms with Crippen LogP contribution in [0.1, 0.15) is 18.1 Å². The van der Waals surface area contributed by atoms with Gasteiger partial charge in [-0.1, -0.05) is 24.3 Å². The molecule has 0 fully saturated rings. The van der Waals surface area contributed by atoms with Crippen LogP contribution in [0, 0.1) is 0 Å². The van der Waals surface area contributed by atoms with Gasteiger partial charge in [0.25, 0.3) is 0 Å². The van der Waals surface area contributed by atoms with Gasteiger partial charge in [-0.3, -0.25) is 5.32 Å². The average Bonchev–Trinajstić information content (AvgIpc) is 2.68. The Kier molecular flexibility index (Phi) is 7.88. The lowest BCUT2D eigenvalue weighted by atomic mass is 10.1. The van der Waals surface area contributed by atoms with Gasteiger partial charge in [-0.05, 0) is 54.5 Å². The van der Waals surface area contributed by atoms with Crippen LogP contribution in [0.15, 0.2) is 48.5 Å². The molecular weight excluding hydrogens is 364 g/mol. The molecule has 2 rings (SSSR count). The Balaban J connectivity index is 2.20. The molecule has 1 amide bonds. The summed E-state index contributed by atoms with van der Waals surface area (Å²) in [6.07, 6.45) is -0.566. The van der Waals surface area contributed by atoms with E-state index in [1.54, 1.807) is 21.1 Å². The van der Waals surface area contributed by atoms with E-state index in [0.717, 1.165) is 22.6 Å². The summed E-state index contributed by atoms with van der Waals surface area (Å²) in [5, 5.41) is 2.90. The second kappa shape index (κ2) is 10.4. The molecule has 0 unspecified atom stereocenters. The molecule has 0 atom stereocenters. The first-order valence-electron chi connectivity index (χ1n) is 8.54. The molecule has 27 heavy (non-hydrogen) atoms. The van der Waals surface area contributed by atoms with E-state index in [0.29, 0.717) is 18.2 Å². The van der Waals surface area contributed by atoms with E-state index < -0.39 is 6.09 Å². The molecule has 2 aromatic carbocycles.